The Kier molecular flexibility index (Phi) is 3.96. The Balaban J connectivity index is 1.48. The molecule has 0 atom stereocenters. The number of nitrogens with zero attached hydrogens (tertiary/aromatic N) is 2. The minimum absolute atomic E-state index is 0.906. The molecule has 1 saturated carbocycles. The van der Waals surface area contributed by atoms with E-state index in [0.29, 0.717) is 0 Å². The van der Waals surface area contributed by atoms with Crippen molar-refractivity contribution in [1.29, 1.82) is 0 Å². The predicted molar refractivity (Wildman–Crippen MR) is 75.5 cm³/mol. The Morgan fingerprint density at radius 1 is 0.889 bits per heavy atom. The van der Waals surface area contributed by atoms with Crippen molar-refractivity contribution in [2.45, 2.75) is 38.3 Å². The highest BCUT2D eigenvalue weighted by Crippen LogP contribution is 2.24. The molecule has 0 spiro atoms. The first-order valence-corrected chi connectivity index (χ1v) is 7.42. The van der Waals surface area contributed by atoms with Crippen molar-refractivity contribution in [2.24, 2.45) is 0 Å². The molecule has 1 aromatic carbocycles. The fourth-order valence-corrected chi connectivity index (χ4v) is 3.40. The second-order valence-corrected chi connectivity index (χ2v) is 5.74. The van der Waals surface area contributed by atoms with Crippen molar-refractivity contribution in [2.75, 3.05) is 26.2 Å². The maximum atomic E-state index is 2.73. The highest BCUT2D eigenvalue weighted by atomic mass is 15.3. The van der Waals surface area contributed by atoms with E-state index in [1.165, 1.54) is 57.4 Å². The lowest BCUT2D eigenvalue weighted by atomic mass is 10.1. The summed E-state index contributed by atoms with van der Waals surface area (Å²) in [6.45, 7) is 6.16. The van der Waals surface area contributed by atoms with Crippen LogP contribution in [0.3, 0.4) is 0 Å². The molecule has 2 nitrogen and oxygen atoms in total. The monoisotopic (exact) mass is 244 g/mol. The highest BCUT2D eigenvalue weighted by molar-refractivity contribution is 5.14. The topological polar surface area (TPSA) is 6.48 Å². The van der Waals surface area contributed by atoms with Gasteiger partial charge in [0.25, 0.3) is 0 Å². The molecule has 0 unspecified atom stereocenters. The first-order valence-electron chi connectivity index (χ1n) is 7.42. The molecule has 1 aromatic rings. The van der Waals surface area contributed by atoms with E-state index in [2.05, 4.69) is 40.1 Å². The SMILES string of the molecule is c1ccc(CN2CCN(C3CCCC3)CC2)cc1. The van der Waals surface area contributed by atoms with E-state index in [1.54, 1.807) is 0 Å². The molecule has 0 radical (unpaired) electrons. The second-order valence-electron chi connectivity index (χ2n) is 5.74. The molecule has 0 N–H and O–H groups in total. The number of benzene rings is 1. The summed E-state index contributed by atoms with van der Waals surface area (Å²) in [5.74, 6) is 0. The lowest BCUT2D eigenvalue weighted by Crippen LogP contribution is -2.49. The van der Waals surface area contributed by atoms with Crippen LogP contribution in [0.1, 0.15) is 31.2 Å². The molecule has 1 heterocycles. The van der Waals surface area contributed by atoms with Gasteiger partial charge in [0, 0.05) is 38.8 Å². The lowest BCUT2D eigenvalue weighted by Gasteiger charge is -2.38. The zero-order valence-corrected chi connectivity index (χ0v) is 11.2. The van der Waals surface area contributed by atoms with Crippen molar-refractivity contribution in [3.8, 4) is 0 Å². The minimum atomic E-state index is 0.906. The van der Waals surface area contributed by atoms with Gasteiger partial charge in [-0.15, -0.1) is 0 Å². The predicted octanol–water partition coefficient (Wildman–Crippen LogP) is 2.75. The molecular weight excluding hydrogens is 220 g/mol. The Hall–Kier alpha value is -0.860. The number of hydrogen-bond acceptors (Lipinski definition) is 2. The maximum absolute atomic E-state index is 2.73. The largest absolute Gasteiger partial charge is 0.298 e. The van der Waals surface area contributed by atoms with Crippen LogP contribution in [-0.2, 0) is 6.54 Å². The standard InChI is InChI=1S/C16H24N2/c1-2-6-15(7-3-1)14-17-10-12-18(13-11-17)16-8-4-5-9-16/h1-3,6-7,16H,4-5,8-14H2. The van der Waals surface area contributed by atoms with Crippen LogP contribution < -0.4 is 0 Å². The summed E-state index contributed by atoms with van der Waals surface area (Å²) in [7, 11) is 0. The van der Waals surface area contributed by atoms with Gasteiger partial charge in [0.1, 0.15) is 0 Å². The van der Waals surface area contributed by atoms with E-state index in [9.17, 15) is 0 Å². The quantitative estimate of drug-likeness (QED) is 0.806. The van der Waals surface area contributed by atoms with Gasteiger partial charge in [0.05, 0.1) is 0 Å². The Morgan fingerprint density at radius 2 is 1.56 bits per heavy atom. The lowest BCUT2D eigenvalue weighted by molar-refractivity contribution is 0.0937. The van der Waals surface area contributed by atoms with Crippen LogP contribution >= 0.6 is 0 Å². The van der Waals surface area contributed by atoms with Crippen molar-refractivity contribution in [3.05, 3.63) is 35.9 Å². The first kappa shape index (κ1) is 12.2. The summed E-state index contributed by atoms with van der Waals surface area (Å²) >= 11 is 0. The van der Waals surface area contributed by atoms with E-state index >= 15 is 0 Å². The van der Waals surface area contributed by atoms with Crippen LogP contribution in [0.5, 0.6) is 0 Å². The van der Waals surface area contributed by atoms with Crippen LogP contribution in [0.25, 0.3) is 0 Å². The molecule has 1 saturated heterocycles. The van der Waals surface area contributed by atoms with Crippen molar-refractivity contribution in [3.63, 3.8) is 0 Å². The summed E-state index contributed by atoms with van der Waals surface area (Å²) in [6, 6.07) is 11.8. The molecule has 2 heteroatoms. The van der Waals surface area contributed by atoms with Crippen LogP contribution in [0, 0.1) is 0 Å². The molecule has 18 heavy (non-hydrogen) atoms. The summed E-state index contributed by atoms with van der Waals surface area (Å²) in [6.07, 6.45) is 5.79. The van der Waals surface area contributed by atoms with Crippen molar-refractivity contribution in [1.82, 2.24) is 9.80 Å². The van der Waals surface area contributed by atoms with E-state index in [1.807, 2.05) is 0 Å². The first-order chi connectivity index (χ1) is 8.92. The molecule has 98 valence electrons. The molecule has 0 bridgehead atoms. The summed E-state index contributed by atoms with van der Waals surface area (Å²) in [4.78, 5) is 5.33. The molecule has 2 aliphatic rings. The van der Waals surface area contributed by atoms with Gasteiger partial charge in [0.15, 0.2) is 0 Å². The van der Waals surface area contributed by atoms with Gasteiger partial charge in [-0.2, -0.15) is 0 Å². The van der Waals surface area contributed by atoms with E-state index in [-0.39, 0.29) is 0 Å². The average molecular weight is 244 g/mol. The summed E-state index contributed by atoms with van der Waals surface area (Å²) in [5, 5.41) is 0. The fraction of sp³-hybridized carbons (Fsp3) is 0.625. The van der Waals surface area contributed by atoms with Gasteiger partial charge < -0.3 is 0 Å². The second kappa shape index (κ2) is 5.85. The number of hydrogen-bond donors (Lipinski definition) is 0. The minimum Gasteiger partial charge on any atom is -0.298 e. The van der Waals surface area contributed by atoms with Gasteiger partial charge in [0.2, 0.25) is 0 Å². The average Bonchev–Trinajstić information content (AvgIpc) is 2.95. The number of piperazine rings is 1. The molecular formula is C16H24N2. The Labute approximate surface area is 111 Å². The van der Waals surface area contributed by atoms with Crippen LogP contribution in [-0.4, -0.2) is 42.0 Å². The summed E-state index contributed by atoms with van der Waals surface area (Å²) in [5.41, 5.74) is 1.45. The Morgan fingerprint density at radius 3 is 2.22 bits per heavy atom. The van der Waals surface area contributed by atoms with E-state index in [4.69, 9.17) is 0 Å². The molecule has 1 aliphatic heterocycles. The van der Waals surface area contributed by atoms with Crippen molar-refractivity contribution >= 4 is 0 Å². The van der Waals surface area contributed by atoms with Gasteiger partial charge in [-0.3, -0.25) is 9.80 Å². The van der Waals surface area contributed by atoms with Crippen LogP contribution in [0.4, 0.5) is 0 Å². The van der Waals surface area contributed by atoms with E-state index < -0.39 is 0 Å². The van der Waals surface area contributed by atoms with Gasteiger partial charge in [-0.05, 0) is 18.4 Å². The van der Waals surface area contributed by atoms with Crippen LogP contribution in [0.15, 0.2) is 30.3 Å². The molecule has 0 amide bonds. The van der Waals surface area contributed by atoms with Gasteiger partial charge in [-0.1, -0.05) is 43.2 Å². The third-order valence-corrected chi connectivity index (χ3v) is 4.50. The zero-order chi connectivity index (χ0) is 12.2. The number of rotatable bonds is 3. The zero-order valence-electron chi connectivity index (χ0n) is 11.2. The van der Waals surface area contributed by atoms with Crippen LogP contribution in [0.2, 0.25) is 0 Å². The molecule has 1 aliphatic carbocycles. The normalized spacial score (nSPS) is 23.6. The maximum Gasteiger partial charge on any atom is 0.0234 e. The smallest absolute Gasteiger partial charge is 0.0234 e. The summed E-state index contributed by atoms with van der Waals surface area (Å²) < 4.78 is 0. The molecule has 0 aromatic heterocycles. The third-order valence-electron chi connectivity index (χ3n) is 4.50. The van der Waals surface area contributed by atoms with E-state index in [0.717, 1.165) is 12.6 Å². The van der Waals surface area contributed by atoms with Gasteiger partial charge in [-0.25, -0.2) is 0 Å². The third kappa shape index (κ3) is 2.93. The molecule has 2 fully saturated rings. The van der Waals surface area contributed by atoms with Crippen molar-refractivity contribution < 1.29 is 0 Å². The fourth-order valence-electron chi connectivity index (χ4n) is 3.40. The molecule has 3 rings (SSSR count). The Bertz CT molecular complexity index is 349. The highest BCUT2D eigenvalue weighted by Gasteiger charge is 2.25. The van der Waals surface area contributed by atoms with Gasteiger partial charge >= 0.3 is 0 Å².